The van der Waals surface area contributed by atoms with Gasteiger partial charge in [-0.05, 0) is 18.2 Å². The van der Waals surface area contributed by atoms with E-state index in [1.807, 2.05) is 24.3 Å². The van der Waals surface area contributed by atoms with E-state index < -0.39 is 0 Å². The highest BCUT2D eigenvalue weighted by Gasteiger charge is 2.18. The predicted molar refractivity (Wildman–Crippen MR) is 102 cm³/mol. The van der Waals surface area contributed by atoms with Crippen molar-refractivity contribution in [3.63, 3.8) is 0 Å². The first-order valence-corrected chi connectivity index (χ1v) is 8.39. The molecule has 0 aliphatic rings. The minimum absolute atomic E-state index is 0.312. The molecule has 4 aromatic heterocycles. The molecular formula is C19H14N6O3. The predicted octanol–water partition coefficient (Wildman–Crippen LogP) is 4.12. The molecule has 0 atom stereocenters. The van der Waals surface area contributed by atoms with Crippen LogP contribution in [0, 0.1) is 0 Å². The van der Waals surface area contributed by atoms with Gasteiger partial charge in [0.1, 0.15) is 29.5 Å². The smallest absolute Gasteiger partial charge is 0.289 e. The van der Waals surface area contributed by atoms with Crippen molar-refractivity contribution in [2.45, 2.75) is 0 Å². The topological polar surface area (TPSA) is 117 Å². The second-order valence-corrected chi connectivity index (χ2v) is 5.85. The summed E-state index contributed by atoms with van der Waals surface area (Å²) in [5.74, 6) is 1.75. The van der Waals surface area contributed by atoms with Crippen LogP contribution in [0.1, 0.15) is 0 Å². The number of ether oxygens (including phenoxy) is 1. The molecule has 138 valence electrons. The molecule has 0 unspecified atom stereocenters. The molecule has 0 spiro atoms. The standard InChI is InChI=1S/C19H14N6O3/c20-17-16-18(24-25(12-7-9-26-10-12)19(16)22-11-21-17)23-13-4-1-2-5-14(13)28-15-6-3-8-27-15/h1-11H,(H,23,24)(H2,20,21,22). The number of benzene rings is 1. The average Bonchev–Trinajstić information content (AvgIpc) is 3.45. The van der Waals surface area contributed by atoms with Crippen molar-refractivity contribution in [2.24, 2.45) is 0 Å². The molecule has 3 N–H and O–H groups in total. The molecule has 0 bridgehead atoms. The Balaban J connectivity index is 1.60. The first-order chi connectivity index (χ1) is 13.8. The number of rotatable bonds is 5. The number of para-hydroxylation sites is 2. The van der Waals surface area contributed by atoms with Crippen LogP contribution in [-0.4, -0.2) is 19.7 Å². The summed E-state index contributed by atoms with van der Waals surface area (Å²) >= 11 is 0. The van der Waals surface area contributed by atoms with Gasteiger partial charge in [0.05, 0.1) is 18.2 Å². The highest BCUT2D eigenvalue weighted by molar-refractivity contribution is 5.98. The van der Waals surface area contributed by atoms with Crippen molar-refractivity contribution in [3.8, 4) is 17.4 Å². The highest BCUT2D eigenvalue weighted by atomic mass is 16.6. The quantitative estimate of drug-likeness (QED) is 0.472. The van der Waals surface area contributed by atoms with Crippen LogP contribution < -0.4 is 15.8 Å². The number of aromatic nitrogens is 4. The summed E-state index contributed by atoms with van der Waals surface area (Å²) in [5, 5.41) is 8.47. The lowest BCUT2D eigenvalue weighted by Gasteiger charge is -2.10. The normalized spacial score (nSPS) is 11.0. The average molecular weight is 374 g/mol. The van der Waals surface area contributed by atoms with Crippen molar-refractivity contribution < 1.29 is 13.6 Å². The zero-order valence-corrected chi connectivity index (χ0v) is 14.4. The Morgan fingerprint density at radius 3 is 2.79 bits per heavy atom. The van der Waals surface area contributed by atoms with Gasteiger partial charge in [0.2, 0.25) is 0 Å². The van der Waals surface area contributed by atoms with Crippen molar-refractivity contribution in [1.29, 1.82) is 0 Å². The SMILES string of the molecule is Nc1ncnc2c1c(Nc1ccccc1Oc1ccco1)nn2-c1ccoc1. The van der Waals surface area contributed by atoms with Crippen LogP contribution in [-0.2, 0) is 0 Å². The Hall–Kier alpha value is -4.27. The van der Waals surface area contributed by atoms with Gasteiger partial charge in [0.25, 0.3) is 5.95 Å². The number of nitrogen functional groups attached to an aromatic ring is 1. The van der Waals surface area contributed by atoms with Crippen molar-refractivity contribution in [2.75, 3.05) is 11.1 Å². The molecule has 0 aliphatic carbocycles. The summed E-state index contributed by atoms with van der Waals surface area (Å²) in [4.78, 5) is 8.42. The van der Waals surface area contributed by atoms with Gasteiger partial charge < -0.3 is 24.6 Å². The Bertz CT molecular complexity index is 1230. The Labute approximate surface area is 158 Å². The lowest BCUT2D eigenvalue weighted by molar-refractivity contribution is 0.348. The molecule has 0 radical (unpaired) electrons. The Morgan fingerprint density at radius 2 is 1.96 bits per heavy atom. The van der Waals surface area contributed by atoms with Crippen LogP contribution in [0.25, 0.3) is 16.7 Å². The summed E-state index contributed by atoms with van der Waals surface area (Å²) in [7, 11) is 0. The maximum Gasteiger partial charge on any atom is 0.289 e. The van der Waals surface area contributed by atoms with E-state index in [1.54, 1.807) is 41.7 Å². The highest BCUT2D eigenvalue weighted by Crippen LogP contribution is 2.35. The van der Waals surface area contributed by atoms with Gasteiger partial charge in [-0.3, -0.25) is 0 Å². The van der Waals surface area contributed by atoms with Gasteiger partial charge in [0, 0.05) is 12.1 Å². The number of hydrogen-bond donors (Lipinski definition) is 2. The van der Waals surface area contributed by atoms with E-state index in [9.17, 15) is 0 Å². The van der Waals surface area contributed by atoms with Crippen LogP contribution in [0.2, 0.25) is 0 Å². The second-order valence-electron chi connectivity index (χ2n) is 5.85. The fraction of sp³-hybridized carbons (Fsp3) is 0. The molecule has 0 saturated carbocycles. The van der Waals surface area contributed by atoms with Gasteiger partial charge in [-0.2, -0.15) is 0 Å². The van der Waals surface area contributed by atoms with Gasteiger partial charge in [0.15, 0.2) is 17.2 Å². The fourth-order valence-corrected chi connectivity index (χ4v) is 2.84. The van der Waals surface area contributed by atoms with E-state index in [4.69, 9.17) is 19.3 Å². The number of nitrogens with two attached hydrogens (primary N) is 1. The summed E-state index contributed by atoms with van der Waals surface area (Å²) in [6.45, 7) is 0. The third-order valence-corrected chi connectivity index (χ3v) is 4.09. The molecule has 0 saturated heterocycles. The molecule has 0 fully saturated rings. The van der Waals surface area contributed by atoms with Gasteiger partial charge in [-0.1, -0.05) is 12.1 Å². The second kappa shape index (κ2) is 6.47. The van der Waals surface area contributed by atoms with E-state index in [1.165, 1.54) is 6.33 Å². The molecular weight excluding hydrogens is 360 g/mol. The summed E-state index contributed by atoms with van der Waals surface area (Å²) in [5.41, 5.74) is 8.07. The van der Waals surface area contributed by atoms with E-state index in [0.717, 1.165) is 5.69 Å². The maximum atomic E-state index is 6.11. The summed E-state index contributed by atoms with van der Waals surface area (Å²) in [6, 6.07) is 12.7. The van der Waals surface area contributed by atoms with E-state index >= 15 is 0 Å². The fourth-order valence-electron chi connectivity index (χ4n) is 2.84. The first kappa shape index (κ1) is 15.9. The zero-order valence-electron chi connectivity index (χ0n) is 14.4. The summed E-state index contributed by atoms with van der Waals surface area (Å²) in [6.07, 6.45) is 6.08. The minimum atomic E-state index is 0.312. The Kier molecular flexibility index (Phi) is 3.68. The van der Waals surface area contributed by atoms with Crippen LogP contribution in [0.3, 0.4) is 0 Å². The van der Waals surface area contributed by atoms with Gasteiger partial charge >= 0.3 is 0 Å². The van der Waals surface area contributed by atoms with E-state index in [-0.39, 0.29) is 0 Å². The molecule has 5 rings (SSSR count). The monoisotopic (exact) mass is 374 g/mol. The van der Waals surface area contributed by atoms with Crippen LogP contribution >= 0.6 is 0 Å². The molecule has 0 aliphatic heterocycles. The molecule has 1 aromatic carbocycles. The lowest BCUT2D eigenvalue weighted by atomic mass is 10.2. The number of fused-ring (bicyclic) bond motifs is 1. The zero-order chi connectivity index (χ0) is 18.9. The molecule has 0 amide bonds. The van der Waals surface area contributed by atoms with E-state index in [2.05, 4.69) is 20.4 Å². The molecule has 5 aromatic rings. The third kappa shape index (κ3) is 2.71. The number of furan rings is 2. The van der Waals surface area contributed by atoms with Gasteiger partial charge in [-0.25, -0.2) is 14.6 Å². The number of nitrogens with one attached hydrogen (secondary N) is 1. The minimum Gasteiger partial charge on any atom is -0.470 e. The molecule has 9 heteroatoms. The van der Waals surface area contributed by atoms with Crippen molar-refractivity contribution >= 4 is 28.4 Å². The molecule has 9 nitrogen and oxygen atoms in total. The van der Waals surface area contributed by atoms with Crippen molar-refractivity contribution in [1.82, 2.24) is 19.7 Å². The third-order valence-electron chi connectivity index (χ3n) is 4.09. The van der Waals surface area contributed by atoms with Crippen LogP contribution in [0.15, 0.2) is 76.4 Å². The number of anilines is 3. The number of nitrogens with zero attached hydrogens (tertiary/aromatic N) is 4. The first-order valence-electron chi connectivity index (χ1n) is 8.39. The molecule has 28 heavy (non-hydrogen) atoms. The lowest BCUT2D eigenvalue weighted by Crippen LogP contribution is -1.98. The van der Waals surface area contributed by atoms with Crippen LogP contribution in [0.5, 0.6) is 11.7 Å². The van der Waals surface area contributed by atoms with Crippen molar-refractivity contribution in [3.05, 3.63) is 67.6 Å². The largest absolute Gasteiger partial charge is 0.470 e. The van der Waals surface area contributed by atoms with Gasteiger partial charge in [-0.15, -0.1) is 5.10 Å². The number of hydrogen-bond acceptors (Lipinski definition) is 8. The molecule has 4 heterocycles. The summed E-state index contributed by atoms with van der Waals surface area (Å²) < 4.78 is 17.9. The Morgan fingerprint density at radius 1 is 1.04 bits per heavy atom. The maximum absolute atomic E-state index is 6.11. The van der Waals surface area contributed by atoms with Crippen LogP contribution in [0.4, 0.5) is 17.3 Å². The van der Waals surface area contributed by atoms with E-state index in [0.29, 0.717) is 40.1 Å².